The second-order valence-corrected chi connectivity index (χ2v) is 9.72. The van der Waals surface area contributed by atoms with Gasteiger partial charge in [-0.1, -0.05) is 18.2 Å². The molecule has 7 heteroatoms. The van der Waals surface area contributed by atoms with Gasteiger partial charge >= 0.3 is 0 Å². The number of carbonyl (C=O) groups is 1. The molecule has 2 aromatic heterocycles. The van der Waals surface area contributed by atoms with Crippen LogP contribution in [0, 0.1) is 5.82 Å². The van der Waals surface area contributed by atoms with Crippen LogP contribution >= 0.6 is 0 Å². The Morgan fingerprint density at radius 3 is 2.86 bits per heavy atom. The molecule has 2 aromatic carbocycles. The van der Waals surface area contributed by atoms with E-state index in [4.69, 9.17) is 0 Å². The van der Waals surface area contributed by atoms with Crippen LogP contribution < -0.4 is 5.32 Å². The van der Waals surface area contributed by atoms with Crippen LogP contribution in [0.25, 0.3) is 22.2 Å². The molecule has 1 saturated heterocycles. The Bertz CT molecular complexity index is 1380. The Hall–Kier alpha value is -3.58. The highest BCUT2D eigenvalue weighted by Crippen LogP contribution is 2.40. The molecule has 35 heavy (non-hydrogen) atoms. The summed E-state index contributed by atoms with van der Waals surface area (Å²) in [5.41, 5.74) is 5.18. The van der Waals surface area contributed by atoms with Crippen molar-refractivity contribution in [3.63, 3.8) is 0 Å². The van der Waals surface area contributed by atoms with E-state index in [0.717, 1.165) is 47.2 Å². The molecule has 2 fully saturated rings. The molecule has 2 N–H and O–H groups in total. The van der Waals surface area contributed by atoms with Crippen molar-refractivity contribution < 1.29 is 9.18 Å². The van der Waals surface area contributed by atoms with Gasteiger partial charge in [0.1, 0.15) is 11.5 Å². The van der Waals surface area contributed by atoms with E-state index in [0.29, 0.717) is 30.1 Å². The third-order valence-electron chi connectivity index (χ3n) is 7.07. The van der Waals surface area contributed by atoms with E-state index in [1.807, 2.05) is 42.6 Å². The first-order valence-electron chi connectivity index (χ1n) is 12.3. The second-order valence-electron chi connectivity index (χ2n) is 9.72. The van der Waals surface area contributed by atoms with Gasteiger partial charge in [0, 0.05) is 59.0 Å². The molecule has 0 bridgehead atoms. The molecule has 4 aromatic rings. The van der Waals surface area contributed by atoms with Crippen LogP contribution in [0.2, 0.25) is 0 Å². The monoisotopic (exact) mass is 469 g/mol. The van der Waals surface area contributed by atoms with Crippen molar-refractivity contribution in [2.75, 3.05) is 13.1 Å². The number of H-pyrrole nitrogens is 1. The van der Waals surface area contributed by atoms with Gasteiger partial charge in [-0.05, 0) is 68.6 Å². The van der Waals surface area contributed by atoms with Gasteiger partial charge in [-0.15, -0.1) is 0 Å². The second kappa shape index (κ2) is 9.23. The molecule has 6 rings (SSSR count). The lowest BCUT2D eigenvalue weighted by Gasteiger charge is -2.33. The normalized spacial score (nSPS) is 18.6. The average Bonchev–Trinajstić information content (AvgIpc) is 3.65. The number of carbonyl (C=O) groups excluding carboxylic acids is 1. The average molecular weight is 470 g/mol. The molecule has 0 spiro atoms. The summed E-state index contributed by atoms with van der Waals surface area (Å²) < 4.78 is 14.1. The van der Waals surface area contributed by atoms with E-state index in [1.165, 1.54) is 18.9 Å². The van der Waals surface area contributed by atoms with Crippen molar-refractivity contribution in [3.05, 3.63) is 83.4 Å². The molecule has 1 aliphatic carbocycles. The van der Waals surface area contributed by atoms with Crippen molar-refractivity contribution in [1.29, 1.82) is 0 Å². The number of nitrogens with one attached hydrogen (secondary N) is 2. The molecule has 6 nitrogen and oxygen atoms in total. The number of aromatic amines is 1. The number of benzene rings is 2. The molecule has 1 amide bonds. The number of fused-ring (bicyclic) bond motifs is 1. The highest BCUT2D eigenvalue weighted by atomic mass is 19.1. The van der Waals surface area contributed by atoms with Crippen LogP contribution in [0.1, 0.15) is 53.2 Å². The van der Waals surface area contributed by atoms with Crippen molar-refractivity contribution >= 4 is 16.8 Å². The highest BCUT2D eigenvalue weighted by Gasteiger charge is 2.26. The standard InChI is InChI=1S/C28H28FN5O/c29-24-6-2-1-4-21(24)16-34-13-3-5-22(17-34)31-28(35)20-9-10-25-23(14-20)27(33-32-25)19-11-12-30-26(15-19)18-7-8-18/h1-2,4,6,9-12,14-15,18,22H,3,5,7-8,13,16-17H2,(H,31,35)(H,32,33)/t22-/m1/s1. The molecule has 2 aliphatic rings. The summed E-state index contributed by atoms with van der Waals surface area (Å²) in [6, 6.07) is 16.7. The number of likely N-dealkylation sites (tertiary alicyclic amines) is 1. The molecular weight excluding hydrogens is 441 g/mol. The summed E-state index contributed by atoms with van der Waals surface area (Å²) >= 11 is 0. The maximum Gasteiger partial charge on any atom is 0.251 e. The smallest absolute Gasteiger partial charge is 0.251 e. The van der Waals surface area contributed by atoms with Gasteiger partial charge in [-0.3, -0.25) is 19.8 Å². The molecule has 178 valence electrons. The summed E-state index contributed by atoms with van der Waals surface area (Å²) in [5.74, 6) is 0.293. The van der Waals surface area contributed by atoms with Crippen LogP contribution in [0.3, 0.4) is 0 Å². The minimum Gasteiger partial charge on any atom is -0.348 e. The predicted octanol–water partition coefficient (Wildman–Crippen LogP) is 5.04. The third kappa shape index (κ3) is 4.68. The van der Waals surface area contributed by atoms with Crippen molar-refractivity contribution in [2.24, 2.45) is 0 Å². The molecular formula is C28H28FN5O. The number of halogens is 1. The minimum absolute atomic E-state index is 0.0313. The van der Waals surface area contributed by atoms with E-state index in [-0.39, 0.29) is 17.8 Å². The summed E-state index contributed by atoms with van der Waals surface area (Å²) in [6.45, 7) is 2.16. The Balaban J connectivity index is 1.18. The van der Waals surface area contributed by atoms with Gasteiger partial charge in [0.2, 0.25) is 0 Å². The number of nitrogens with zero attached hydrogens (tertiary/aromatic N) is 3. The number of hydrogen-bond acceptors (Lipinski definition) is 4. The molecule has 0 unspecified atom stereocenters. The molecule has 1 saturated carbocycles. The largest absolute Gasteiger partial charge is 0.348 e. The molecule has 3 heterocycles. The van der Waals surface area contributed by atoms with E-state index < -0.39 is 0 Å². The third-order valence-corrected chi connectivity index (χ3v) is 7.07. The van der Waals surface area contributed by atoms with Crippen molar-refractivity contribution in [1.82, 2.24) is 25.4 Å². The minimum atomic E-state index is -0.179. The maximum absolute atomic E-state index is 14.1. The fraction of sp³-hybridized carbons (Fsp3) is 0.321. The van der Waals surface area contributed by atoms with Gasteiger partial charge < -0.3 is 5.32 Å². The Labute approximate surface area is 203 Å². The maximum atomic E-state index is 14.1. The number of pyridine rings is 1. The van der Waals surface area contributed by atoms with Crippen LogP contribution in [-0.2, 0) is 6.54 Å². The summed E-state index contributed by atoms with van der Waals surface area (Å²) in [4.78, 5) is 19.9. The number of piperidine rings is 1. The number of hydrogen-bond donors (Lipinski definition) is 2. The highest BCUT2D eigenvalue weighted by molar-refractivity contribution is 6.01. The lowest BCUT2D eigenvalue weighted by atomic mass is 10.0. The molecule has 0 radical (unpaired) electrons. The number of rotatable bonds is 6. The summed E-state index contributed by atoms with van der Waals surface area (Å²) in [6.07, 6.45) is 6.12. The van der Waals surface area contributed by atoms with Crippen LogP contribution in [0.5, 0.6) is 0 Å². The first kappa shape index (κ1) is 21.9. The summed E-state index contributed by atoms with van der Waals surface area (Å²) in [5, 5.41) is 11.8. The molecule has 1 aliphatic heterocycles. The zero-order valence-electron chi connectivity index (χ0n) is 19.5. The zero-order valence-corrected chi connectivity index (χ0v) is 19.5. The summed E-state index contributed by atoms with van der Waals surface area (Å²) in [7, 11) is 0. The Kier molecular flexibility index (Phi) is 5.78. The van der Waals surface area contributed by atoms with Gasteiger partial charge in [-0.2, -0.15) is 5.10 Å². The number of aromatic nitrogens is 3. The number of amides is 1. The topological polar surface area (TPSA) is 73.9 Å². The SMILES string of the molecule is O=C(N[C@@H]1CCCN(Cc2ccccc2F)C1)c1ccc2[nH]nc(-c3ccnc(C4CC4)c3)c2c1. The lowest BCUT2D eigenvalue weighted by Crippen LogP contribution is -2.47. The first-order chi connectivity index (χ1) is 17.1. The van der Waals surface area contributed by atoms with E-state index in [2.05, 4.69) is 31.5 Å². The van der Waals surface area contributed by atoms with Crippen LogP contribution in [-0.4, -0.2) is 45.1 Å². The first-order valence-corrected chi connectivity index (χ1v) is 12.3. The lowest BCUT2D eigenvalue weighted by molar-refractivity contribution is 0.0900. The fourth-order valence-corrected chi connectivity index (χ4v) is 5.03. The zero-order chi connectivity index (χ0) is 23.8. The van der Waals surface area contributed by atoms with Gasteiger partial charge in [0.05, 0.1) is 5.52 Å². The fourth-order valence-electron chi connectivity index (χ4n) is 5.03. The van der Waals surface area contributed by atoms with Crippen molar-refractivity contribution in [2.45, 2.75) is 44.2 Å². The van der Waals surface area contributed by atoms with E-state index in [9.17, 15) is 9.18 Å². The van der Waals surface area contributed by atoms with E-state index >= 15 is 0 Å². The van der Waals surface area contributed by atoms with E-state index in [1.54, 1.807) is 6.07 Å². The van der Waals surface area contributed by atoms with Gasteiger partial charge in [0.25, 0.3) is 5.91 Å². The van der Waals surface area contributed by atoms with Gasteiger partial charge in [-0.25, -0.2) is 4.39 Å². The van der Waals surface area contributed by atoms with Gasteiger partial charge in [0.15, 0.2) is 0 Å². The van der Waals surface area contributed by atoms with Crippen LogP contribution in [0.4, 0.5) is 4.39 Å². The molecule has 1 atom stereocenters. The van der Waals surface area contributed by atoms with Crippen molar-refractivity contribution in [3.8, 4) is 11.3 Å². The van der Waals surface area contributed by atoms with Crippen LogP contribution in [0.15, 0.2) is 60.8 Å². The quantitative estimate of drug-likeness (QED) is 0.415. The predicted molar refractivity (Wildman–Crippen MR) is 133 cm³/mol. The Morgan fingerprint density at radius 1 is 1.11 bits per heavy atom. The Morgan fingerprint density at radius 2 is 2.00 bits per heavy atom.